The summed E-state index contributed by atoms with van der Waals surface area (Å²) in [5.74, 6) is 1.02. The van der Waals surface area contributed by atoms with Gasteiger partial charge in [-0.1, -0.05) is 30.3 Å². The molecule has 2 aromatic carbocycles. The van der Waals surface area contributed by atoms with Crippen LogP contribution in [-0.4, -0.2) is 36.1 Å². The summed E-state index contributed by atoms with van der Waals surface area (Å²) in [6.45, 7) is 3.22. The number of hydrogen-bond donors (Lipinski definition) is 1. The summed E-state index contributed by atoms with van der Waals surface area (Å²) in [6, 6.07) is 17.2. The SMILES string of the molecule is FC(F)(F)c1ccccc1Nc1cc(N2CCN(c3ccccc3)CC2)ncn1. The number of anilines is 4. The summed E-state index contributed by atoms with van der Waals surface area (Å²) >= 11 is 0. The maximum absolute atomic E-state index is 13.2. The topological polar surface area (TPSA) is 44.3 Å². The van der Waals surface area contributed by atoms with Crippen molar-refractivity contribution in [2.24, 2.45) is 0 Å². The first-order chi connectivity index (χ1) is 14.0. The summed E-state index contributed by atoms with van der Waals surface area (Å²) in [6.07, 6.45) is -3.06. The van der Waals surface area contributed by atoms with Crippen molar-refractivity contribution in [2.45, 2.75) is 6.18 Å². The Kier molecular flexibility index (Phi) is 5.24. The van der Waals surface area contributed by atoms with Crippen molar-refractivity contribution in [2.75, 3.05) is 41.3 Å². The second kappa shape index (κ2) is 7.98. The molecule has 0 unspecified atom stereocenters. The lowest BCUT2D eigenvalue weighted by Crippen LogP contribution is -2.46. The Bertz CT molecular complexity index is 954. The second-order valence-corrected chi connectivity index (χ2v) is 6.74. The van der Waals surface area contributed by atoms with Crippen LogP contribution in [0.5, 0.6) is 0 Å². The van der Waals surface area contributed by atoms with Crippen molar-refractivity contribution in [1.82, 2.24) is 9.97 Å². The van der Waals surface area contributed by atoms with E-state index < -0.39 is 11.7 Å². The third-order valence-corrected chi connectivity index (χ3v) is 4.87. The maximum Gasteiger partial charge on any atom is 0.418 e. The minimum Gasteiger partial charge on any atom is -0.368 e. The van der Waals surface area contributed by atoms with Crippen LogP contribution in [0.4, 0.5) is 36.2 Å². The maximum atomic E-state index is 13.2. The van der Waals surface area contributed by atoms with Crippen LogP contribution in [0.15, 0.2) is 67.0 Å². The van der Waals surface area contributed by atoms with E-state index in [0.717, 1.165) is 32.2 Å². The molecule has 29 heavy (non-hydrogen) atoms. The van der Waals surface area contributed by atoms with Crippen LogP contribution in [-0.2, 0) is 6.18 Å². The van der Waals surface area contributed by atoms with Crippen LogP contribution in [0.1, 0.15) is 5.56 Å². The fourth-order valence-electron chi connectivity index (χ4n) is 3.40. The van der Waals surface area contributed by atoms with Gasteiger partial charge in [0, 0.05) is 37.9 Å². The molecule has 4 rings (SSSR count). The van der Waals surface area contributed by atoms with Gasteiger partial charge in [0.15, 0.2) is 0 Å². The van der Waals surface area contributed by atoms with Gasteiger partial charge in [0.2, 0.25) is 0 Å². The minimum atomic E-state index is -4.44. The van der Waals surface area contributed by atoms with Gasteiger partial charge >= 0.3 is 6.18 Å². The number of aromatic nitrogens is 2. The number of alkyl halides is 3. The molecule has 0 atom stereocenters. The van der Waals surface area contributed by atoms with E-state index >= 15 is 0 Å². The van der Waals surface area contributed by atoms with Crippen LogP contribution in [0, 0.1) is 0 Å². The van der Waals surface area contributed by atoms with Gasteiger partial charge in [-0.3, -0.25) is 0 Å². The average Bonchev–Trinajstić information content (AvgIpc) is 2.74. The molecule has 8 heteroatoms. The molecule has 0 amide bonds. The normalized spacial score (nSPS) is 14.7. The van der Waals surface area contributed by atoms with Crippen LogP contribution in [0.3, 0.4) is 0 Å². The zero-order chi connectivity index (χ0) is 20.3. The molecule has 3 aromatic rings. The molecular formula is C21H20F3N5. The summed E-state index contributed by atoms with van der Waals surface area (Å²) in [4.78, 5) is 12.8. The number of hydrogen-bond acceptors (Lipinski definition) is 5. The molecule has 5 nitrogen and oxygen atoms in total. The monoisotopic (exact) mass is 399 g/mol. The first-order valence-electron chi connectivity index (χ1n) is 9.31. The predicted molar refractivity (Wildman–Crippen MR) is 108 cm³/mol. The van der Waals surface area contributed by atoms with Crippen LogP contribution in [0.2, 0.25) is 0 Å². The Balaban J connectivity index is 1.47. The Morgan fingerprint density at radius 1 is 0.793 bits per heavy atom. The number of nitrogens with zero attached hydrogens (tertiary/aromatic N) is 4. The Labute approximate surface area is 166 Å². The van der Waals surface area contributed by atoms with E-state index in [0.29, 0.717) is 11.6 Å². The molecule has 1 aliphatic heterocycles. The highest BCUT2D eigenvalue weighted by molar-refractivity contribution is 5.63. The van der Waals surface area contributed by atoms with Crippen LogP contribution >= 0.6 is 0 Å². The standard InChI is InChI=1S/C21H20F3N5/c22-21(23,24)17-8-4-5-9-18(17)27-19-14-20(26-15-25-19)29-12-10-28(11-13-29)16-6-2-1-3-7-16/h1-9,14-15H,10-13H2,(H,25,26,27). The highest BCUT2D eigenvalue weighted by atomic mass is 19.4. The lowest BCUT2D eigenvalue weighted by atomic mass is 10.1. The molecule has 0 radical (unpaired) electrons. The summed E-state index contributed by atoms with van der Waals surface area (Å²) in [5, 5.41) is 2.78. The molecule has 1 N–H and O–H groups in total. The first-order valence-corrected chi connectivity index (χ1v) is 9.31. The summed E-state index contributed by atoms with van der Waals surface area (Å²) < 4.78 is 39.6. The van der Waals surface area contributed by atoms with E-state index in [9.17, 15) is 13.2 Å². The number of rotatable bonds is 4. The van der Waals surface area contributed by atoms with Gasteiger partial charge in [0.1, 0.15) is 18.0 Å². The summed E-state index contributed by atoms with van der Waals surface area (Å²) in [5.41, 5.74) is 0.427. The van der Waals surface area contributed by atoms with E-state index in [-0.39, 0.29) is 5.69 Å². The van der Waals surface area contributed by atoms with E-state index in [4.69, 9.17) is 0 Å². The van der Waals surface area contributed by atoms with Gasteiger partial charge in [-0.25, -0.2) is 9.97 Å². The molecule has 0 spiro atoms. The molecule has 2 heterocycles. The Morgan fingerprint density at radius 2 is 1.45 bits per heavy atom. The number of benzene rings is 2. The number of nitrogens with one attached hydrogen (secondary N) is 1. The third kappa shape index (κ3) is 4.42. The third-order valence-electron chi connectivity index (χ3n) is 4.87. The lowest BCUT2D eigenvalue weighted by molar-refractivity contribution is -0.136. The molecular weight excluding hydrogens is 379 g/mol. The highest BCUT2D eigenvalue weighted by Crippen LogP contribution is 2.35. The fourth-order valence-corrected chi connectivity index (χ4v) is 3.40. The minimum absolute atomic E-state index is 0.0291. The smallest absolute Gasteiger partial charge is 0.368 e. The Hall–Kier alpha value is -3.29. The zero-order valence-corrected chi connectivity index (χ0v) is 15.6. The highest BCUT2D eigenvalue weighted by Gasteiger charge is 2.33. The number of para-hydroxylation sites is 2. The molecule has 1 saturated heterocycles. The quantitative estimate of drug-likeness (QED) is 0.697. The number of halogens is 3. The molecule has 0 saturated carbocycles. The van der Waals surface area contributed by atoms with Gasteiger partial charge in [0.25, 0.3) is 0 Å². The van der Waals surface area contributed by atoms with E-state index in [1.54, 1.807) is 12.1 Å². The van der Waals surface area contributed by atoms with Crippen molar-refractivity contribution in [3.63, 3.8) is 0 Å². The van der Waals surface area contributed by atoms with E-state index in [2.05, 4.69) is 37.2 Å². The van der Waals surface area contributed by atoms with E-state index in [1.807, 2.05) is 18.2 Å². The van der Waals surface area contributed by atoms with Crippen molar-refractivity contribution in [3.8, 4) is 0 Å². The van der Waals surface area contributed by atoms with Gasteiger partial charge in [-0.2, -0.15) is 13.2 Å². The van der Waals surface area contributed by atoms with Crippen molar-refractivity contribution >= 4 is 23.0 Å². The van der Waals surface area contributed by atoms with Crippen LogP contribution in [0.25, 0.3) is 0 Å². The van der Waals surface area contributed by atoms with Gasteiger partial charge < -0.3 is 15.1 Å². The molecule has 1 fully saturated rings. The van der Waals surface area contributed by atoms with Crippen molar-refractivity contribution in [3.05, 3.63) is 72.6 Å². The lowest BCUT2D eigenvalue weighted by Gasteiger charge is -2.36. The van der Waals surface area contributed by atoms with Crippen molar-refractivity contribution in [1.29, 1.82) is 0 Å². The molecule has 1 aromatic heterocycles. The predicted octanol–water partition coefficient (Wildman–Crippen LogP) is 4.57. The zero-order valence-electron chi connectivity index (χ0n) is 15.6. The van der Waals surface area contributed by atoms with Gasteiger partial charge in [-0.15, -0.1) is 0 Å². The summed E-state index contributed by atoms with van der Waals surface area (Å²) in [7, 11) is 0. The molecule has 1 aliphatic rings. The van der Waals surface area contributed by atoms with Crippen LogP contribution < -0.4 is 15.1 Å². The second-order valence-electron chi connectivity index (χ2n) is 6.74. The van der Waals surface area contributed by atoms with E-state index in [1.165, 1.54) is 24.1 Å². The van der Waals surface area contributed by atoms with Crippen molar-refractivity contribution < 1.29 is 13.2 Å². The first kappa shape index (κ1) is 19.0. The largest absolute Gasteiger partial charge is 0.418 e. The average molecular weight is 399 g/mol. The van der Waals surface area contributed by atoms with Gasteiger partial charge in [0.05, 0.1) is 11.3 Å². The van der Waals surface area contributed by atoms with Gasteiger partial charge in [-0.05, 0) is 24.3 Å². The molecule has 0 bridgehead atoms. The Morgan fingerprint density at radius 3 is 2.17 bits per heavy atom. The fraction of sp³-hybridized carbons (Fsp3) is 0.238. The molecule has 0 aliphatic carbocycles. The number of piperazine rings is 1. The molecule has 150 valence electrons.